The van der Waals surface area contributed by atoms with E-state index in [1.807, 2.05) is 12.4 Å². The quantitative estimate of drug-likeness (QED) is 0.625. The first-order chi connectivity index (χ1) is 12.6. The van der Waals surface area contributed by atoms with Crippen molar-refractivity contribution >= 4 is 17.1 Å². The molecular formula is C23H29N3. The van der Waals surface area contributed by atoms with Gasteiger partial charge in [-0.05, 0) is 81.2 Å². The van der Waals surface area contributed by atoms with E-state index in [1.165, 1.54) is 31.5 Å². The Balaban J connectivity index is 0.000000206. The number of imidazole rings is 1. The molecule has 1 saturated heterocycles. The summed E-state index contributed by atoms with van der Waals surface area (Å²) in [6.45, 7) is 10.8. The lowest BCUT2D eigenvalue weighted by atomic mass is 10.00. The second-order valence-electron chi connectivity index (χ2n) is 7.39. The maximum absolute atomic E-state index is 4.45. The smallest absolute Gasteiger partial charge is 0.100 e. The summed E-state index contributed by atoms with van der Waals surface area (Å²) in [5, 5.41) is 0. The molecule has 3 aromatic rings. The molecule has 1 aliphatic heterocycles. The molecule has 4 rings (SSSR count). The summed E-state index contributed by atoms with van der Waals surface area (Å²) >= 11 is 0. The van der Waals surface area contributed by atoms with Crippen LogP contribution in [0.3, 0.4) is 0 Å². The molecule has 0 bridgehead atoms. The number of aromatic nitrogens is 2. The van der Waals surface area contributed by atoms with Gasteiger partial charge in [0.05, 0.1) is 11.0 Å². The molecule has 3 heteroatoms. The van der Waals surface area contributed by atoms with E-state index in [4.69, 9.17) is 0 Å². The van der Waals surface area contributed by atoms with Crippen molar-refractivity contribution in [2.75, 3.05) is 20.1 Å². The Bertz CT molecular complexity index is 860. The minimum atomic E-state index is 0.978. The van der Waals surface area contributed by atoms with E-state index in [1.54, 1.807) is 0 Å². The van der Waals surface area contributed by atoms with E-state index in [2.05, 4.69) is 84.4 Å². The van der Waals surface area contributed by atoms with E-state index >= 15 is 0 Å². The Morgan fingerprint density at radius 1 is 1.12 bits per heavy atom. The van der Waals surface area contributed by atoms with E-state index < -0.39 is 0 Å². The summed E-state index contributed by atoms with van der Waals surface area (Å²) in [6.07, 6.45) is 6.50. The van der Waals surface area contributed by atoms with E-state index in [9.17, 15) is 0 Å². The van der Waals surface area contributed by atoms with Gasteiger partial charge in [0, 0.05) is 5.69 Å². The molecular weight excluding hydrogens is 318 g/mol. The molecule has 2 aromatic carbocycles. The fraction of sp³-hybridized carbons (Fsp3) is 0.348. The molecule has 2 heterocycles. The van der Waals surface area contributed by atoms with Crippen LogP contribution in [0.1, 0.15) is 30.9 Å². The van der Waals surface area contributed by atoms with Crippen molar-refractivity contribution < 1.29 is 0 Å². The molecule has 26 heavy (non-hydrogen) atoms. The monoisotopic (exact) mass is 347 g/mol. The second kappa shape index (κ2) is 8.33. The van der Waals surface area contributed by atoms with Crippen LogP contribution in [0.5, 0.6) is 0 Å². The average molecular weight is 348 g/mol. The highest BCUT2D eigenvalue weighted by atomic mass is 15.1. The summed E-state index contributed by atoms with van der Waals surface area (Å²) in [5.74, 6) is 0.978. The zero-order valence-corrected chi connectivity index (χ0v) is 16.2. The van der Waals surface area contributed by atoms with Crippen LogP contribution in [0.15, 0.2) is 55.4 Å². The lowest BCUT2D eigenvalue weighted by molar-refractivity contribution is 0.230. The Kier molecular flexibility index (Phi) is 5.89. The van der Waals surface area contributed by atoms with Gasteiger partial charge in [0.2, 0.25) is 0 Å². The number of hydrogen-bond acceptors (Lipinski definition) is 2. The standard InChI is InChI=1S/C16H14N2.C7H15N/c1-3-13-7-8-16-15(10-13)17-11-18(16)14-6-4-5-12(2)9-14;1-7-3-5-8(2)6-4-7/h3-11H,1H2,2H3;7H,3-6H2,1-2H3. The summed E-state index contributed by atoms with van der Waals surface area (Å²) in [6, 6.07) is 14.6. The zero-order chi connectivity index (χ0) is 18.5. The van der Waals surface area contributed by atoms with Gasteiger partial charge in [0.15, 0.2) is 0 Å². The minimum Gasteiger partial charge on any atom is -0.306 e. The van der Waals surface area contributed by atoms with Crippen molar-refractivity contribution in [2.45, 2.75) is 26.7 Å². The van der Waals surface area contributed by atoms with Gasteiger partial charge in [-0.15, -0.1) is 0 Å². The molecule has 136 valence electrons. The van der Waals surface area contributed by atoms with Crippen LogP contribution in [0, 0.1) is 12.8 Å². The van der Waals surface area contributed by atoms with Crippen molar-refractivity contribution in [1.29, 1.82) is 0 Å². The molecule has 0 unspecified atom stereocenters. The molecule has 3 nitrogen and oxygen atoms in total. The predicted molar refractivity (Wildman–Crippen MR) is 112 cm³/mol. The van der Waals surface area contributed by atoms with Crippen LogP contribution in [-0.2, 0) is 0 Å². The number of fused-ring (bicyclic) bond motifs is 1. The van der Waals surface area contributed by atoms with E-state index in [-0.39, 0.29) is 0 Å². The molecule has 0 N–H and O–H groups in total. The molecule has 1 aromatic heterocycles. The van der Waals surface area contributed by atoms with Gasteiger partial charge in [-0.1, -0.05) is 37.8 Å². The molecule has 0 atom stereocenters. The lowest BCUT2D eigenvalue weighted by Crippen LogP contribution is -2.28. The molecule has 1 aliphatic rings. The minimum absolute atomic E-state index is 0.978. The molecule has 1 fully saturated rings. The van der Waals surface area contributed by atoms with Gasteiger partial charge in [0.1, 0.15) is 6.33 Å². The number of likely N-dealkylation sites (tertiary alicyclic amines) is 1. The highest BCUT2D eigenvalue weighted by molar-refractivity contribution is 5.80. The van der Waals surface area contributed by atoms with Crippen LogP contribution >= 0.6 is 0 Å². The number of benzene rings is 2. The zero-order valence-electron chi connectivity index (χ0n) is 16.2. The molecule has 0 radical (unpaired) electrons. The number of piperidine rings is 1. The van der Waals surface area contributed by atoms with Crippen LogP contribution in [0.2, 0.25) is 0 Å². The molecule has 0 aliphatic carbocycles. The summed E-state index contributed by atoms with van der Waals surface area (Å²) in [4.78, 5) is 6.85. The Labute approximate surface area is 157 Å². The van der Waals surface area contributed by atoms with E-state index in [0.717, 1.165) is 28.2 Å². The lowest BCUT2D eigenvalue weighted by Gasteiger charge is -2.26. The predicted octanol–water partition coefficient (Wildman–Crippen LogP) is 5.33. The second-order valence-corrected chi connectivity index (χ2v) is 7.39. The summed E-state index contributed by atoms with van der Waals surface area (Å²) in [7, 11) is 2.20. The number of nitrogens with zero attached hydrogens (tertiary/aromatic N) is 3. The fourth-order valence-electron chi connectivity index (χ4n) is 3.28. The molecule has 0 spiro atoms. The number of rotatable bonds is 2. The Morgan fingerprint density at radius 3 is 2.54 bits per heavy atom. The molecule has 0 saturated carbocycles. The largest absolute Gasteiger partial charge is 0.306 e. The van der Waals surface area contributed by atoms with Crippen molar-refractivity contribution in [3.8, 4) is 5.69 Å². The van der Waals surface area contributed by atoms with Crippen LogP contribution in [-0.4, -0.2) is 34.6 Å². The van der Waals surface area contributed by atoms with Crippen molar-refractivity contribution in [1.82, 2.24) is 14.5 Å². The average Bonchev–Trinajstić information content (AvgIpc) is 3.08. The van der Waals surface area contributed by atoms with Gasteiger partial charge >= 0.3 is 0 Å². The normalized spacial score (nSPS) is 15.5. The van der Waals surface area contributed by atoms with Gasteiger partial charge < -0.3 is 4.90 Å². The van der Waals surface area contributed by atoms with Crippen LogP contribution in [0.4, 0.5) is 0 Å². The summed E-state index contributed by atoms with van der Waals surface area (Å²) in [5.41, 5.74) is 5.60. The highest BCUT2D eigenvalue weighted by Gasteiger charge is 2.10. The maximum atomic E-state index is 4.45. The first-order valence-corrected chi connectivity index (χ1v) is 9.42. The van der Waals surface area contributed by atoms with Crippen molar-refractivity contribution in [2.24, 2.45) is 5.92 Å². The van der Waals surface area contributed by atoms with Crippen LogP contribution in [0.25, 0.3) is 22.8 Å². The summed E-state index contributed by atoms with van der Waals surface area (Å²) < 4.78 is 2.11. The topological polar surface area (TPSA) is 21.1 Å². The van der Waals surface area contributed by atoms with Crippen LogP contribution < -0.4 is 0 Å². The van der Waals surface area contributed by atoms with Gasteiger partial charge in [-0.2, -0.15) is 0 Å². The third kappa shape index (κ3) is 4.41. The number of aryl methyl sites for hydroxylation is 1. The van der Waals surface area contributed by atoms with E-state index in [0.29, 0.717) is 0 Å². The maximum Gasteiger partial charge on any atom is 0.100 e. The SMILES string of the molecule is C=Cc1ccc2c(c1)ncn2-c1cccc(C)c1.CC1CCN(C)CC1. The van der Waals surface area contributed by atoms with Crippen molar-refractivity contribution in [3.63, 3.8) is 0 Å². The van der Waals surface area contributed by atoms with Gasteiger partial charge in [-0.25, -0.2) is 4.98 Å². The third-order valence-corrected chi connectivity index (χ3v) is 5.09. The highest BCUT2D eigenvalue weighted by Crippen LogP contribution is 2.20. The first-order valence-electron chi connectivity index (χ1n) is 9.42. The Morgan fingerprint density at radius 2 is 1.88 bits per heavy atom. The number of hydrogen-bond donors (Lipinski definition) is 0. The van der Waals surface area contributed by atoms with Crippen molar-refractivity contribution in [3.05, 3.63) is 66.5 Å². The molecule has 0 amide bonds. The first kappa shape index (κ1) is 18.4. The van der Waals surface area contributed by atoms with Gasteiger partial charge in [-0.3, -0.25) is 4.57 Å². The Hall–Kier alpha value is -2.39. The fourth-order valence-corrected chi connectivity index (χ4v) is 3.28. The van der Waals surface area contributed by atoms with Gasteiger partial charge in [0.25, 0.3) is 0 Å². The third-order valence-electron chi connectivity index (χ3n) is 5.09.